The fourth-order valence-electron chi connectivity index (χ4n) is 4.57. The van der Waals surface area contributed by atoms with Crippen molar-refractivity contribution in [3.63, 3.8) is 0 Å². The zero-order valence-electron chi connectivity index (χ0n) is 19.2. The van der Waals surface area contributed by atoms with E-state index in [4.69, 9.17) is 11.5 Å². The van der Waals surface area contributed by atoms with Crippen molar-refractivity contribution >= 4 is 34.1 Å². The van der Waals surface area contributed by atoms with Gasteiger partial charge in [-0.15, -0.1) is 0 Å². The van der Waals surface area contributed by atoms with Gasteiger partial charge in [0.15, 0.2) is 11.6 Å². The van der Waals surface area contributed by atoms with Gasteiger partial charge in [0.25, 0.3) is 5.91 Å². The molecule has 0 radical (unpaired) electrons. The maximum Gasteiger partial charge on any atom is 0.252 e. The van der Waals surface area contributed by atoms with Crippen LogP contribution >= 0.6 is 0 Å². The largest absolute Gasteiger partial charge is 0.365 e. The minimum absolute atomic E-state index is 0.0327. The van der Waals surface area contributed by atoms with Crippen molar-refractivity contribution in [3.05, 3.63) is 77.7 Å². The van der Waals surface area contributed by atoms with E-state index in [2.05, 4.69) is 20.7 Å². The monoisotopic (exact) mass is 473 g/mol. The average molecular weight is 474 g/mol. The molecule has 180 valence electrons. The summed E-state index contributed by atoms with van der Waals surface area (Å²) in [4.78, 5) is 16.5. The van der Waals surface area contributed by atoms with Gasteiger partial charge >= 0.3 is 0 Å². The number of anilines is 3. The van der Waals surface area contributed by atoms with Crippen LogP contribution in [-0.2, 0) is 6.54 Å². The number of rotatable bonds is 7. The number of hydrogen-bond donors (Lipinski definition) is 4. The molecule has 1 amide bonds. The molecule has 9 heteroatoms. The second kappa shape index (κ2) is 9.71. The van der Waals surface area contributed by atoms with Crippen LogP contribution in [0.15, 0.2) is 60.8 Å². The molecule has 2 atom stereocenters. The van der Waals surface area contributed by atoms with E-state index in [1.165, 1.54) is 0 Å². The highest BCUT2D eigenvalue weighted by molar-refractivity contribution is 6.00. The Kier molecular flexibility index (Phi) is 6.33. The van der Waals surface area contributed by atoms with Crippen LogP contribution in [0.5, 0.6) is 0 Å². The first kappa shape index (κ1) is 22.8. The third-order valence-electron chi connectivity index (χ3n) is 6.42. The highest BCUT2D eigenvalue weighted by Gasteiger charge is 2.24. The minimum Gasteiger partial charge on any atom is -0.365 e. The number of halogens is 1. The van der Waals surface area contributed by atoms with Gasteiger partial charge < -0.3 is 22.1 Å². The summed E-state index contributed by atoms with van der Waals surface area (Å²) >= 11 is 0. The number of nitrogens with zero attached hydrogens (tertiary/aromatic N) is 3. The lowest BCUT2D eigenvalue weighted by molar-refractivity contribution is 0.100. The molecule has 2 heterocycles. The molecule has 6 N–H and O–H groups in total. The standard InChI is InChI=1S/C26H28FN7O/c27-19-13-17(24(29)35)25(32-26(19)31-23-10-5-4-9-20(23)28)30-21-11-6-12-22-18(21)15-34(33-22)14-16-7-2-1-3-8-16/h1-3,6-8,11-13,15,20,23H,4-5,9-10,14,28H2,(H2,29,35)(H2,30,31,32)/t20-,23?/m0/s1. The molecule has 4 aromatic rings. The summed E-state index contributed by atoms with van der Waals surface area (Å²) < 4.78 is 16.7. The van der Waals surface area contributed by atoms with E-state index < -0.39 is 11.7 Å². The van der Waals surface area contributed by atoms with Crippen LogP contribution in [0.4, 0.5) is 21.7 Å². The van der Waals surface area contributed by atoms with E-state index in [0.29, 0.717) is 12.2 Å². The Morgan fingerprint density at radius 1 is 1.09 bits per heavy atom. The Morgan fingerprint density at radius 3 is 2.66 bits per heavy atom. The van der Waals surface area contributed by atoms with E-state index in [1.807, 2.05) is 59.4 Å². The summed E-state index contributed by atoms with van der Waals surface area (Å²) in [5, 5.41) is 11.8. The van der Waals surface area contributed by atoms with Crippen molar-refractivity contribution < 1.29 is 9.18 Å². The molecule has 35 heavy (non-hydrogen) atoms. The first-order chi connectivity index (χ1) is 17.0. The van der Waals surface area contributed by atoms with Crippen LogP contribution in [0.2, 0.25) is 0 Å². The molecule has 2 aromatic carbocycles. The second-order valence-electron chi connectivity index (χ2n) is 8.95. The van der Waals surface area contributed by atoms with Gasteiger partial charge in [-0.3, -0.25) is 9.48 Å². The molecule has 0 saturated heterocycles. The Hall–Kier alpha value is -3.98. The van der Waals surface area contributed by atoms with Crippen LogP contribution in [0, 0.1) is 5.82 Å². The zero-order valence-corrected chi connectivity index (χ0v) is 19.2. The third kappa shape index (κ3) is 4.95. The normalized spacial score (nSPS) is 17.9. The molecule has 1 aliphatic rings. The summed E-state index contributed by atoms with van der Waals surface area (Å²) in [6, 6.07) is 16.6. The molecule has 1 saturated carbocycles. The molecule has 0 aliphatic heterocycles. The lowest BCUT2D eigenvalue weighted by Crippen LogP contribution is -2.43. The fourth-order valence-corrected chi connectivity index (χ4v) is 4.57. The third-order valence-corrected chi connectivity index (χ3v) is 6.42. The molecule has 2 aromatic heterocycles. The topological polar surface area (TPSA) is 124 Å². The number of benzene rings is 2. The van der Waals surface area contributed by atoms with Crippen LogP contribution < -0.4 is 22.1 Å². The average Bonchev–Trinajstić information content (AvgIpc) is 3.26. The van der Waals surface area contributed by atoms with Crippen LogP contribution in [0.25, 0.3) is 10.9 Å². The van der Waals surface area contributed by atoms with Crippen LogP contribution in [0.3, 0.4) is 0 Å². The molecule has 1 unspecified atom stereocenters. The Labute approximate surface area is 202 Å². The number of carbonyl (C=O) groups excluding carboxylic acids is 1. The predicted octanol–water partition coefficient (Wildman–Crippen LogP) is 4.14. The molecule has 1 fully saturated rings. The molecular weight excluding hydrogens is 445 g/mol. The summed E-state index contributed by atoms with van der Waals surface area (Å²) in [6.45, 7) is 0.617. The van der Waals surface area contributed by atoms with Gasteiger partial charge in [-0.1, -0.05) is 49.2 Å². The number of primary amides is 1. The number of nitrogens with one attached hydrogen (secondary N) is 2. The second-order valence-corrected chi connectivity index (χ2v) is 8.95. The molecule has 8 nitrogen and oxygen atoms in total. The number of amides is 1. The number of aromatic nitrogens is 3. The minimum atomic E-state index is -0.772. The Bertz CT molecular complexity index is 1350. The number of hydrogen-bond acceptors (Lipinski definition) is 6. The van der Waals surface area contributed by atoms with Gasteiger partial charge in [-0.25, -0.2) is 9.37 Å². The molecule has 0 bridgehead atoms. The molecule has 1 aliphatic carbocycles. The van der Waals surface area contributed by atoms with Crippen LogP contribution in [-0.4, -0.2) is 32.8 Å². The highest BCUT2D eigenvalue weighted by Crippen LogP contribution is 2.30. The number of carbonyl (C=O) groups is 1. The highest BCUT2D eigenvalue weighted by atomic mass is 19.1. The maximum atomic E-state index is 14.9. The lowest BCUT2D eigenvalue weighted by atomic mass is 9.91. The van der Waals surface area contributed by atoms with Crippen molar-refractivity contribution in [1.29, 1.82) is 0 Å². The van der Waals surface area contributed by atoms with Crippen molar-refractivity contribution in [2.45, 2.75) is 44.3 Å². The smallest absolute Gasteiger partial charge is 0.252 e. The van der Waals surface area contributed by atoms with Gasteiger partial charge in [-0.05, 0) is 36.6 Å². The quantitative estimate of drug-likeness (QED) is 0.320. The van der Waals surface area contributed by atoms with E-state index in [1.54, 1.807) is 0 Å². The van der Waals surface area contributed by atoms with E-state index in [0.717, 1.165) is 48.2 Å². The summed E-state index contributed by atoms with van der Waals surface area (Å²) in [5.74, 6) is -1.19. The molecular formula is C26H28FN7O. The van der Waals surface area contributed by atoms with Gasteiger partial charge in [0, 0.05) is 23.7 Å². The van der Waals surface area contributed by atoms with Gasteiger partial charge in [0.05, 0.1) is 23.3 Å². The van der Waals surface area contributed by atoms with Crippen LogP contribution in [0.1, 0.15) is 41.6 Å². The lowest BCUT2D eigenvalue weighted by Gasteiger charge is -2.30. The van der Waals surface area contributed by atoms with Crippen molar-refractivity contribution in [1.82, 2.24) is 14.8 Å². The van der Waals surface area contributed by atoms with E-state index in [-0.39, 0.29) is 29.3 Å². The molecule has 0 spiro atoms. The summed E-state index contributed by atoms with van der Waals surface area (Å²) in [5.41, 5.74) is 14.3. The SMILES string of the molecule is NC(=O)c1cc(F)c(NC2CCCC[C@@H]2N)nc1Nc1cccc2nn(Cc3ccccc3)cc12. The number of fused-ring (bicyclic) bond motifs is 1. The first-order valence-electron chi connectivity index (χ1n) is 11.8. The van der Waals surface area contributed by atoms with Crippen molar-refractivity contribution in [2.75, 3.05) is 10.6 Å². The van der Waals surface area contributed by atoms with E-state index >= 15 is 0 Å². The maximum absolute atomic E-state index is 14.9. The van der Waals surface area contributed by atoms with Crippen molar-refractivity contribution in [2.24, 2.45) is 11.5 Å². The first-order valence-corrected chi connectivity index (χ1v) is 11.8. The number of nitrogens with two attached hydrogens (primary N) is 2. The van der Waals surface area contributed by atoms with Crippen molar-refractivity contribution in [3.8, 4) is 0 Å². The van der Waals surface area contributed by atoms with Gasteiger partial charge in [0.2, 0.25) is 0 Å². The predicted molar refractivity (Wildman–Crippen MR) is 135 cm³/mol. The van der Waals surface area contributed by atoms with E-state index in [9.17, 15) is 9.18 Å². The number of pyridine rings is 1. The summed E-state index contributed by atoms with van der Waals surface area (Å²) in [7, 11) is 0. The fraction of sp³-hybridized carbons (Fsp3) is 0.269. The van der Waals surface area contributed by atoms with Gasteiger partial charge in [0.1, 0.15) is 5.82 Å². The molecule has 5 rings (SSSR count). The Morgan fingerprint density at radius 2 is 1.89 bits per heavy atom. The Balaban J connectivity index is 1.47. The summed E-state index contributed by atoms with van der Waals surface area (Å²) in [6.07, 6.45) is 5.72. The van der Waals surface area contributed by atoms with Gasteiger partial charge in [-0.2, -0.15) is 5.10 Å². The zero-order chi connectivity index (χ0) is 24.4.